The van der Waals surface area contributed by atoms with E-state index in [1.165, 1.54) is 24.8 Å². The van der Waals surface area contributed by atoms with Crippen LogP contribution in [0.1, 0.15) is 44.8 Å². The summed E-state index contributed by atoms with van der Waals surface area (Å²) < 4.78 is 12.7. The van der Waals surface area contributed by atoms with Crippen molar-refractivity contribution in [3.8, 4) is 5.75 Å². The number of benzene rings is 1. The van der Waals surface area contributed by atoms with Gasteiger partial charge in [-0.05, 0) is 48.8 Å². The molecular formula is C17H25IO2. The van der Waals surface area contributed by atoms with Gasteiger partial charge in [-0.2, -0.15) is 0 Å². The average molecular weight is 388 g/mol. The second kappa shape index (κ2) is 7.64. The Morgan fingerprint density at radius 1 is 1.20 bits per heavy atom. The molecule has 3 unspecified atom stereocenters. The minimum Gasteiger partial charge on any atom is -0.497 e. The van der Waals surface area contributed by atoms with Gasteiger partial charge in [0, 0.05) is 4.43 Å². The van der Waals surface area contributed by atoms with Crippen molar-refractivity contribution in [1.82, 2.24) is 0 Å². The SMILES string of the molecule is COc1cccc(C(CI)OC2CC(C)CC(C)C2)c1. The Hall–Kier alpha value is -0.290. The van der Waals surface area contributed by atoms with E-state index in [0.29, 0.717) is 6.10 Å². The van der Waals surface area contributed by atoms with Crippen LogP contribution in [-0.4, -0.2) is 17.6 Å². The second-order valence-electron chi connectivity index (χ2n) is 6.10. The Morgan fingerprint density at radius 3 is 2.50 bits per heavy atom. The van der Waals surface area contributed by atoms with Gasteiger partial charge >= 0.3 is 0 Å². The molecule has 0 aromatic heterocycles. The van der Waals surface area contributed by atoms with Crippen molar-refractivity contribution in [3.05, 3.63) is 29.8 Å². The lowest BCUT2D eigenvalue weighted by atomic mass is 9.81. The molecule has 1 saturated carbocycles. The fraction of sp³-hybridized carbons (Fsp3) is 0.647. The molecule has 2 nitrogen and oxygen atoms in total. The normalized spacial score (nSPS) is 28.1. The van der Waals surface area contributed by atoms with Crippen molar-refractivity contribution < 1.29 is 9.47 Å². The Labute approximate surface area is 136 Å². The molecule has 2 rings (SSSR count). The predicted octanol–water partition coefficient (Wildman–Crippen LogP) is 5.01. The number of hydrogen-bond donors (Lipinski definition) is 0. The first-order valence-electron chi connectivity index (χ1n) is 7.47. The van der Waals surface area contributed by atoms with Gasteiger partial charge in [-0.3, -0.25) is 0 Å². The highest BCUT2D eigenvalue weighted by atomic mass is 127. The molecular weight excluding hydrogens is 363 g/mol. The molecule has 0 bridgehead atoms. The highest BCUT2D eigenvalue weighted by Crippen LogP contribution is 2.34. The van der Waals surface area contributed by atoms with Crippen molar-refractivity contribution in [1.29, 1.82) is 0 Å². The molecule has 112 valence electrons. The molecule has 1 aliphatic rings. The van der Waals surface area contributed by atoms with Crippen LogP contribution in [0.2, 0.25) is 0 Å². The van der Waals surface area contributed by atoms with Crippen LogP contribution in [0.3, 0.4) is 0 Å². The van der Waals surface area contributed by atoms with Crippen LogP contribution >= 0.6 is 22.6 Å². The highest BCUT2D eigenvalue weighted by Gasteiger charge is 2.27. The summed E-state index contributed by atoms with van der Waals surface area (Å²) in [5.74, 6) is 2.47. The van der Waals surface area contributed by atoms with E-state index in [2.05, 4.69) is 48.6 Å². The maximum atomic E-state index is 6.40. The molecule has 20 heavy (non-hydrogen) atoms. The molecule has 1 fully saturated rings. The van der Waals surface area contributed by atoms with Gasteiger partial charge in [0.2, 0.25) is 0 Å². The third-order valence-corrected chi connectivity index (χ3v) is 4.90. The Morgan fingerprint density at radius 2 is 1.90 bits per heavy atom. The molecule has 1 aromatic rings. The molecule has 1 aromatic carbocycles. The lowest BCUT2D eigenvalue weighted by Gasteiger charge is -2.33. The summed E-state index contributed by atoms with van der Waals surface area (Å²) in [6.45, 7) is 4.69. The maximum Gasteiger partial charge on any atom is 0.119 e. The van der Waals surface area contributed by atoms with Crippen molar-refractivity contribution in [2.45, 2.75) is 45.3 Å². The van der Waals surface area contributed by atoms with Crippen molar-refractivity contribution in [2.24, 2.45) is 11.8 Å². The summed E-state index contributed by atoms with van der Waals surface area (Å²) in [6.07, 6.45) is 4.31. The summed E-state index contributed by atoms with van der Waals surface area (Å²) in [5.41, 5.74) is 1.23. The molecule has 0 aliphatic heterocycles. The summed E-state index contributed by atoms with van der Waals surface area (Å²) in [7, 11) is 1.71. The van der Waals surface area contributed by atoms with E-state index in [1.54, 1.807) is 7.11 Å². The van der Waals surface area contributed by atoms with Gasteiger partial charge in [-0.25, -0.2) is 0 Å². The smallest absolute Gasteiger partial charge is 0.119 e. The molecule has 3 heteroatoms. The topological polar surface area (TPSA) is 18.5 Å². The lowest BCUT2D eigenvalue weighted by molar-refractivity contribution is -0.0394. The zero-order valence-electron chi connectivity index (χ0n) is 12.6. The van der Waals surface area contributed by atoms with Gasteiger partial charge in [0.15, 0.2) is 0 Å². The highest BCUT2D eigenvalue weighted by molar-refractivity contribution is 14.1. The van der Waals surface area contributed by atoms with Crippen LogP contribution < -0.4 is 4.74 Å². The van der Waals surface area contributed by atoms with E-state index in [-0.39, 0.29) is 6.10 Å². The summed E-state index contributed by atoms with van der Waals surface area (Å²) >= 11 is 2.42. The number of halogens is 1. The van der Waals surface area contributed by atoms with E-state index >= 15 is 0 Å². The molecule has 0 amide bonds. The van der Waals surface area contributed by atoms with Gasteiger partial charge in [0.1, 0.15) is 5.75 Å². The lowest BCUT2D eigenvalue weighted by Crippen LogP contribution is -2.28. The fourth-order valence-electron chi connectivity index (χ4n) is 3.26. The second-order valence-corrected chi connectivity index (χ2v) is 6.98. The number of hydrogen-bond acceptors (Lipinski definition) is 2. The van der Waals surface area contributed by atoms with Crippen molar-refractivity contribution in [2.75, 3.05) is 11.5 Å². The van der Waals surface area contributed by atoms with E-state index in [4.69, 9.17) is 9.47 Å². The quantitative estimate of drug-likeness (QED) is 0.521. The fourth-order valence-corrected chi connectivity index (χ4v) is 3.98. The Balaban J connectivity index is 2.04. The van der Waals surface area contributed by atoms with Gasteiger partial charge < -0.3 is 9.47 Å². The molecule has 3 atom stereocenters. The van der Waals surface area contributed by atoms with Crippen LogP contribution in [0.15, 0.2) is 24.3 Å². The Bertz CT molecular complexity index is 411. The van der Waals surface area contributed by atoms with Crippen LogP contribution in [0.4, 0.5) is 0 Å². The van der Waals surface area contributed by atoms with Gasteiger partial charge in [-0.1, -0.05) is 48.6 Å². The standard InChI is InChI=1S/C17H25IO2/c1-12-7-13(2)9-16(8-12)20-17(11-18)14-5-4-6-15(10-14)19-3/h4-6,10,12-13,16-17H,7-9,11H2,1-3H3. The number of alkyl halides is 1. The third kappa shape index (κ3) is 4.35. The molecule has 0 radical (unpaired) electrons. The maximum absolute atomic E-state index is 6.40. The zero-order valence-corrected chi connectivity index (χ0v) is 14.8. The van der Waals surface area contributed by atoms with Crippen molar-refractivity contribution in [3.63, 3.8) is 0 Å². The van der Waals surface area contributed by atoms with Gasteiger partial charge in [0.05, 0.1) is 19.3 Å². The van der Waals surface area contributed by atoms with Crippen LogP contribution in [0.25, 0.3) is 0 Å². The molecule has 1 aliphatic carbocycles. The zero-order chi connectivity index (χ0) is 14.5. The van der Waals surface area contributed by atoms with Gasteiger partial charge in [-0.15, -0.1) is 0 Å². The van der Waals surface area contributed by atoms with Crippen LogP contribution in [0, 0.1) is 11.8 Å². The largest absolute Gasteiger partial charge is 0.497 e. The molecule has 0 spiro atoms. The molecule has 0 saturated heterocycles. The molecule has 0 N–H and O–H groups in total. The first kappa shape index (κ1) is 16.1. The summed E-state index contributed by atoms with van der Waals surface area (Å²) in [4.78, 5) is 0. The molecule has 0 heterocycles. The predicted molar refractivity (Wildman–Crippen MR) is 91.7 cm³/mol. The van der Waals surface area contributed by atoms with E-state index < -0.39 is 0 Å². The monoisotopic (exact) mass is 388 g/mol. The number of methoxy groups -OCH3 is 1. The van der Waals surface area contributed by atoms with Crippen molar-refractivity contribution >= 4 is 22.6 Å². The van der Waals surface area contributed by atoms with E-state index in [1.807, 2.05) is 12.1 Å². The minimum absolute atomic E-state index is 0.174. The summed E-state index contributed by atoms with van der Waals surface area (Å²) in [6, 6.07) is 8.27. The van der Waals surface area contributed by atoms with E-state index in [9.17, 15) is 0 Å². The first-order valence-corrected chi connectivity index (χ1v) is 9.00. The van der Waals surface area contributed by atoms with E-state index in [0.717, 1.165) is 22.0 Å². The average Bonchev–Trinajstić information content (AvgIpc) is 2.44. The Kier molecular flexibility index (Phi) is 6.15. The summed E-state index contributed by atoms with van der Waals surface area (Å²) in [5, 5.41) is 0. The first-order chi connectivity index (χ1) is 9.62. The van der Waals surface area contributed by atoms with Gasteiger partial charge in [0.25, 0.3) is 0 Å². The third-order valence-electron chi connectivity index (χ3n) is 4.10. The van der Waals surface area contributed by atoms with Crippen LogP contribution in [-0.2, 0) is 4.74 Å². The number of ether oxygens (including phenoxy) is 2. The van der Waals surface area contributed by atoms with Crippen LogP contribution in [0.5, 0.6) is 5.75 Å². The number of rotatable bonds is 5. The minimum atomic E-state index is 0.174.